The predicted molar refractivity (Wildman–Crippen MR) is 150 cm³/mol. The number of amides is 1. The van der Waals surface area contributed by atoms with Gasteiger partial charge in [0, 0.05) is 31.4 Å². The molecule has 1 aliphatic heterocycles. The van der Waals surface area contributed by atoms with Gasteiger partial charge in [-0.25, -0.2) is 8.42 Å². The van der Waals surface area contributed by atoms with Crippen molar-refractivity contribution >= 4 is 44.6 Å². The van der Waals surface area contributed by atoms with E-state index in [0.29, 0.717) is 37.4 Å². The molecule has 1 aromatic heterocycles. The standard InChI is InChI=1S/C27H31ClN4O6S/c1-2-3-13-31(19-21-8-7-16-38-21)25-12-9-20(17-23(25)27(33)30-14-5-4-6-15-30)29-39(36,37)22-10-11-24(28)26(18-22)32(34)35/h7-12,16-18,29H,2-6,13-15,19H2,1H3. The maximum atomic E-state index is 13.8. The maximum Gasteiger partial charge on any atom is 0.289 e. The highest BCUT2D eigenvalue weighted by Crippen LogP contribution is 2.31. The number of benzene rings is 2. The van der Waals surface area contributed by atoms with E-state index in [1.165, 1.54) is 18.2 Å². The zero-order chi connectivity index (χ0) is 28.0. The fraction of sp³-hybridized carbons (Fsp3) is 0.370. The first-order valence-electron chi connectivity index (χ1n) is 12.9. The second kappa shape index (κ2) is 12.5. The highest BCUT2D eigenvalue weighted by molar-refractivity contribution is 7.92. The molecule has 0 saturated carbocycles. The van der Waals surface area contributed by atoms with Crippen LogP contribution in [0.25, 0.3) is 0 Å². The topological polar surface area (TPSA) is 126 Å². The number of nitrogens with zero attached hydrogens (tertiary/aromatic N) is 3. The lowest BCUT2D eigenvalue weighted by atomic mass is 10.1. The summed E-state index contributed by atoms with van der Waals surface area (Å²) >= 11 is 5.85. The molecule has 2 heterocycles. The Kier molecular flexibility index (Phi) is 9.13. The lowest BCUT2D eigenvalue weighted by molar-refractivity contribution is -0.384. The van der Waals surface area contributed by atoms with Crippen molar-refractivity contribution in [2.75, 3.05) is 29.3 Å². The van der Waals surface area contributed by atoms with Crippen LogP contribution < -0.4 is 9.62 Å². The number of likely N-dealkylation sites (tertiary alicyclic amines) is 1. The van der Waals surface area contributed by atoms with Crippen LogP contribution in [0, 0.1) is 10.1 Å². The summed E-state index contributed by atoms with van der Waals surface area (Å²) in [7, 11) is -4.21. The summed E-state index contributed by atoms with van der Waals surface area (Å²) in [6, 6.07) is 11.8. The zero-order valence-electron chi connectivity index (χ0n) is 21.6. The fourth-order valence-electron chi connectivity index (χ4n) is 4.55. The number of hydrogen-bond acceptors (Lipinski definition) is 7. The molecule has 1 aliphatic rings. The molecule has 10 nitrogen and oxygen atoms in total. The Labute approximate surface area is 232 Å². The number of furan rings is 1. The van der Waals surface area contributed by atoms with Crippen LogP contribution in [0.2, 0.25) is 5.02 Å². The highest BCUT2D eigenvalue weighted by atomic mass is 35.5. The largest absolute Gasteiger partial charge is 0.467 e. The van der Waals surface area contributed by atoms with Gasteiger partial charge in [0.15, 0.2) is 0 Å². The van der Waals surface area contributed by atoms with Crippen LogP contribution >= 0.6 is 11.6 Å². The van der Waals surface area contributed by atoms with Gasteiger partial charge in [0.1, 0.15) is 10.8 Å². The van der Waals surface area contributed by atoms with E-state index >= 15 is 0 Å². The minimum atomic E-state index is -4.21. The number of carbonyl (C=O) groups is 1. The Hall–Kier alpha value is -3.57. The molecule has 1 saturated heterocycles. The average Bonchev–Trinajstić information content (AvgIpc) is 3.44. The summed E-state index contributed by atoms with van der Waals surface area (Å²) in [5.74, 6) is 0.574. The Balaban J connectivity index is 1.72. The first-order chi connectivity index (χ1) is 18.7. The molecular formula is C27H31ClN4O6S. The number of unbranched alkanes of at least 4 members (excludes halogenated alkanes) is 1. The maximum absolute atomic E-state index is 13.8. The number of nitro groups is 1. The molecule has 0 spiro atoms. The molecule has 2 aromatic carbocycles. The van der Waals surface area contributed by atoms with Gasteiger partial charge in [-0.1, -0.05) is 24.9 Å². The summed E-state index contributed by atoms with van der Waals surface area (Å²) in [5, 5.41) is 11.1. The Morgan fingerprint density at radius 3 is 2.59 bits per heavy atom. The predicted octanol–water partition coefficient (Wildman–Crippen LogP) is 6.07. The van der Waals surface area contributed by atoms with Crippen LogP contribution in [0.1, 0.15) is 55.1 Å². The summed E-state index contributed by atoms with van der Waals surface area (Å²) in [5.41, 5.74) is 0.716. The van der Waals surface area contributed by atoms with Crippen LogP contribution in [0.5, 0.6) is 0 Å². The van der Waals surface area contributed by atoms with Crippen LogP contribution in [-0.2, 0) is 16.6 Å². The van der Waals surface area contributed by atoms with Crippen LogP contribution in [0.4, 0.5) is 17.1 Å². The number of anilines is 2. The first-order valence-corrected chi connectivity index (χ1v) is 14.7. The van der Waals surface area contributed by atoms with Gasteiger partial charge in [0.25, 0.3) is 21.6 Å². The summed E-state index contributed by atoms with van der Waals surface area (Å²) in [6.07, 6.45) is 6.33. The normalized spacial score (nSPS) is 13.7. The van der Waals surface area contributed by atoms with E-state index in [1.54, 1.807) is 23.3 Å². The molecule has 0 bridgehead atoms. The first kappa shape index (κ1) is 28.4. The second-order valence-corrected chi connectivity index (χ2v) is 11.5. The summed E-state index contributed by atoms with van der Waals surface area (Å²) in [4.78, 5) is 27.8. The minimum absolute atomic E-state index is 0.165. The van der Waals surface area contributed by atoms with Crippen molar-refractivity contribution in [3.8, 4) is 0 Å². The molecule has 39 heavy (non-hydrogen) atoms. The Bertz CT molecular complexity index is 1420. The minimum Gasteiger partial charge on any atom is -0.467 e. The van der Waals surface area contributed by atoms with Crippen molar-refractivity contribution in [3.63, 3.8) is 0 Å². The third kappa shape index (κ3) is 6.90. The fourth-order valence-corrected chi connectivity index (χ4v) is 5.81. The van der Waals surface area contributed by atoms with Gasteiger partial charge in [0.2, 0.25) is 0 Å². The Morgan fingerprint density at radius 2 is 1.92 bits per heavy atom. The number of hydrogen-bond donors (Lipinski definition) is 1. The van der Waals surface area contributed by atoms with E-state index in [9.17, 15) is 23.3 Å². The van der Waals surface area contributed by atoms with E-state index < -0.39 is 20.6 Å². The Morgan fingerprint density at radius 1 is 1.15 bits per heavy atom. The second-order valence-electron chi connectivity index (χ2n) is 9.42. The summed E-state index contributed by atoms with van der Waals surface area (Å²) < 4.78 is 34.3. The molecule has 0 atom stereocenters. The van der Waals surface area contributed by atoms with Crippen molar-refractivity contribution in [1.29, 1.82) is 0 Å². The molecule has 1 fully saturated rings. The van der Waals surface area contributed by atoms with E-state index in [1.807, 2.05) is 12.1 Å². The van der Waals surface area contributed by atoms with Crippen molar-refractivity contribution in [2.45, 2.75) is 50.5 Å². The van der Waals surface area contributed by atoms with Crippen LogP contribution in [0.3, 0.4) is 0 Å². The van der Waals surface area contributed by atoms with Gasteiger partial charge in [-0.3, -0.25) is 19.6 Å². The monoisotopic (exact) mass is 574 g/mol. The molecular weight excluding hydrogens is 544 g/mol. The molecule has 12 heteroatoms. The third-order valence-corrected chi connectivity index (χ3v) is 8.29. The smallest absolute Gasteiger partial charge is 0.289 e. The zero-order valence-corrected chi connectivity index (χ0v) is 23.2. The van der Waals surface area contributed by atoms with Crippen LogP contribution in [0.15, 0.2) is 64.1 Å². The van der Waals surface area contributed by atoms with Crippen molar-refractivity contribution in [2.24, 2.45) is 0 Å². The lowest BCUT2D eigenvalue weighted by Crippen LogP contribution is -2.37. The molecule has 208 valence electrons. The molecule has 0 radical (unpaired) electrons. The number of sulfonamides is 1. The van der Waals surface area contributed by atoms with Gasteiger partial charge < -0.3 is 14.2 Å². The summed E-state index contributed by atoms with van der Waals surface area (Å²) in [6.45, 7) is 4.49. The van der Waals surface area contributed by atoms with Crippen LogP contribution in [-0.4, -0.2) is 43.8 Å². The van der Waals surface area contributed by atoms with Gasteiger partial charge in [-0.15, -0.1) is 0 Å². The van der Waals surface area contributed by atoms with E-state index in [0.717, 1.165) is 43.9 Å². The molecule has 0 unspecified atom stereocenters. The molecule has 0 aliphatic carbocycles. The number of piperidine rings is 1. The molecule has 1 amide bonds. The number of carbonyl (C=O) groups excluding carboxylic acids is 1. The van der Waals surface area contributed by atoms with Crippen molar-refractivity contribution in [1.82, 2.24) is 4.90 Å². The highest BCUT2D eigenvalue weighted by Gasteiger charge is 2.26. The number of halogens is 1. The molecule has 4 rings (SSSR count). The number of nitro benzene ring substituents is 1. The van der Waals surface area contributed by atoms with Gasteiger partial charge in [-0.2, -0.15) is 0 Å². The number of rotatable bonds is 11. The molecule has 3 aromatic rings. The number of nitrogens with one attached hydrogen (secondary N) is 1. The van der Waals surface area contributed by atoms with Gasteiger partial charge in [-0.05, 0) is 68.1 Å². The van der Waals surface area contributed by atoms with E-state index in [-0.39, 0.29) is 21.5 Å². The van der Waals surface area contributed by atoms with E-state index in [4.69, 9.17) is 16.0 Å². The molecule has 1 N–H and O–H groups in total. The van der Waals surface area contributed by atoms with E-state index in [2.05, 4.69) is 16.5 Å². The van der Waals surface area contributed by atoms with Crippen molar-refractivity contribution < 1.29 is 22.6 Å². The quantitative estimate of drug-likeness (QED) is 0.217. The van der Waals surface area contributed by atoms with Crippen molar-refractivity contribution in [3.05, 3.63) is 81.3 Å². The van der Waals surface area contributed by atoms with Gasteiger partial charge in [0.05, 0.1) is 33.9 Å². The average molecular weight is 575 g/mol. The SMILES string of the molecule is CCCCN(Cc1ccco1)c1ccc(NS(=O)(=O)c2ccc(Cl)c([N+](=O)[O-])c2)cc1C(=O)N1CCCCC1. The van der Waals surface area contributed by atoms with Gasteiger partial charge >= 0.3 is 0 Å². The third-order valence-electron chi connectivity index (χ3n) is 6.60. The lowest BCUT2D eigenvalue weighted by Gasteiger charge is -2.31.